The monoisotopic (exact) mass is 408 g/mol. The molecule has 2 aromatic carbocycles. The van der Waals surface area contributed by atoms with Crippen LogP contribution in [0.15, 0.2) is 53.4 Å². The maximum atomic E-state index is 12.4. The van der Waals surface area contributed by atoms with Gasteiger partial charge in [-0.2, -0.15) is 9.98 Å². The Labute approximate surface area is 162 Å². The highest BCUT2D eigenvalue weighted by molar-refractivity contribution is 7.89. The number of nitriles is 1. The summed E-state index contributed by atoms with van der Waals surface area (Å²) in [6.45, 7) is 1.15. The van der Waals surface area contributed by atoms with Crippen molar-refractivity contribution < 1.29 is 23.1 Å². The van der Waals surface area contributed by atoms with Crippen LogP contribution in [0.1, 0.15) is 18.1 Å². The van der Waals surface area contributed by atoms with Crippen molar-refractivity contribution in [1.82, 2.24) is 4.72 Å². The minimum absolute atomic E-state index is 0.0996. The Kier molecular flexibility index (Phi) is 6.93. The zero-order chi connectivity index (χ0) is 20.0. The van der Waals surface area contributed by atoms with Gasteiger partial charge in [-0.05, 0) is 48.9 Å². The summed E-state index contributed by atoms with van der Waals surface area (Å²) in [5.74, 6) is -0.924. The van der Waals surface area contributed by atoms with E-state index in [4.69, 9.17) is 21.6 Å². The van der Waals surface area contributed by atoms with Crippen LogP contribution in [0.3, 0.4) is 0 Å². The Hall–Kier alpha value is -2.44. The number of sulfonamides is 1. The number of aliphatic hydroxyl groups excluding tert-OH is 1. The van der Waals surface area contributed by atoms with E-state index in [2.05, 4.69) is 4.72 Å². The number of esters is 1. The maximum absolute atomic E-state index is 12.4. The van der Waals surface area contributed by atoms with E-state index in [9.17, 15) is 18.3 Å². The minimum atomic E-state index is -4.06. The normalized spacial score (nSPS) is 13.4. The summed E-state index contributed by atoms with van der Waals surface area (Å²) in [7, 11) is -4.06. The van der Waals surface area contributed by atoms with E-state index < -0.39 is 28.1 Å². The number of nitrogens with one attached hydrogen (secondary N) is 1. The topological polar surface area (TPSA) is 116 Å². The van der Waals surface area contributed by atoms with Gasteiger partial charge >= 0.3 is 5.97 Å². The molecule has 2 aromatic rings. The number of halogens is 1. The van der Waals surface area contributed by atoms with Crippen LogP contribution in [0, 0.1) is 11.3 Å². The summed E-state index contributed by atoms with van der Waals surface area (Å²) in [5, 5.41) is 18.9. The smallest absolute Gasteiger partial charge is 0.327 e. The van der Waals surface area contributed by atoms with Gasteiger partial charge < -0.3 is 9.84 Å². The molecule has 142 valence electrons. The maximum Gasteiger partial charge on any atom is 0.327 e. The number of carbonyl (C=O) groups is 1. The first-order valence-corrected chi connectivity index (χ1v) is 9.70. The van der Waals surface area contributed by atoms with Gasteiger partial charge in [0.2, 0.25) is 10.0 Å². The molecule has 0 amide bonds. The second kappa shape index (κ2) is 8.97. The van der Waals surface area contributed by atoms with Crippen LogP contribution in [0.5, 0.6) is 0 Å². The zero-order valence-corrected chi connectivity index (χ0v) is 15.9. The predicted octanol–water partition coefficient (Wildman–Crippen LogP) is 1.98. The van der Waals surface area contributed by atoms with Gasteiger partial charge in [-0.1, -0.05) is 23.7 Å². The number of nitrogens with zero attached hydrogens (tertiary/aromatic N) is 1. The molecule has 0 aromatic heterocycles. The van der Waals surface area contributed by atoms with Crippen molar-refractivity contribution in [1.29, 1.82) is 5.26 Å². The number of ether oxygens (including phenoxy) is 1. The van der Waals surface area contributed by atoms with Crippen LogP contribution in [-0.4, -0.2) is 31.6 Å². The van der Waals surface area contributed by atoms with E-state index in [1.54, 1.807) is 24.3 Å². The molecule has 0 fully saturated rings. The Bertz CT molecular complexity index is 935. The summed E-state index contributed by atoms with van der Waals surface area (Å²) in [5.41, 5.74) is 1.08. The fourth-order valence-corrected chi connectivity index (χ4v) is 3.50. The number of rotatable bonds is 7. The van der Waals surface area contributed by atoms with Gasteiger partial charge in [0, 0.05) is 5.02 Å². The molecule has 0 aliphatic rings. The molecule has 0 saturated heterocycles. The lowest BCUT2D eigenvalue weighted by Gasteiger charge is -2.20. The van der Waals surface area contributed by atoms with Crippen molar-refractivity contribution >= 4 is 27.6 Å². The predicted molar refractivity (Wildman–Crippen MR) is 98.2 cm³/mol. The first-order chi connectivity index (χ1) is 12.7. The quantitative estimate of drug-likeness (QED) is 0.676. The van der Waals surface area contributed by atoms with Crippen molar-refractivity contribution in [3.63, 3.8) is 0 Å². The van der Waals surface area contributed by atoms with E-state index in [1.807, 2.05) is 6.07 Å². The van der Waals surface area contributed by atoms with Gasteiger partial charge in [0.25, 0.3) is 0 Å². The van der Waals surface area contributed by atoms with Crippen molar-refractivity contribution in [2.75, 3.05) is 0 Å². The first kappa shape index (κ1) is 20.9. The van der Waals surface area contributed by atoms with Crippen molar-refractivity contribution in [2.45, 2.75) is 30.6 Å². The van der Waals surface area contributed by atoms with E-state index in [0.717, 1.165) is 0 Å². The number of aliphatic hydroxyl groups is 1. The van der Waals surface area contributed by atoms with E-state index >= 15 is 0 Å². The third kappa shape index (κ3) is 5.77. The van der Waals surface area contributed by atoms with Crippen LogP contribution in [0.4, 0.5) is 0 Å². The Morgan fingerprint density at radius 1 is 1.22 bits per heavy atom. The van der Waals surface area contributed by atoms with Gasteiger partial charge in [-0.25, -0.2) is 8.42 Å². The van der Waals surface area contributed by atoms with E-state index in [1.165, 1.54) is 31.2 Å². The second-order valence-electron chi connectivity index (χ2n) is 5.71. The van der Waals surface area contributed by atoms with Gasteiger partial charge in [0.1, 0.15) is 12.6 Å². The molecule has 0 bridgehead atoms. The molecular weight excluding hydrogens is 392 g/mol. The summed E-state index contributed by atoms with van der Waals surface area (Å²) in [6, 6.07) is 12.2. The van der Waals surface area contributed by atoms with Crippen LogP contribution in [0.2, 0.25) is 5.02 Å². The molecule has 0 radical (unpaired) electrons. The van der Waals surface area contributed by atoms with Gasteiger partial charge in [-0.15, -0.1) is 0 Å². The Morgan fingerprint density at radius 2 is 1.81 bits per heavy atom. The molecule has 2 N–H and O–H groups in total. The molecule has 0 unspecified atom stereocenters. The van der Waals surface area contributed by atoms with Crippen LogP contribution in [0.25, 0.3) is 0 Å². The lowest BCUT2D eigenvalue weighted by Crippen LogP contribution is -2.48. The summed E-state index contributed by atoms with van der Waals surface area (Å²) in [6.07, 6.45) is -1.32. The molecule has 0 saturated carbocycles. The molecule has 0 heterocycles. The number of carbonyl (C=O) groups excluding carboxylic acids is 1. The average Bonchev–Trinajstić information content (AvgIpc) is 2.64. The second-order valence-corrected chi connectivity index (χ2v) is 7.86. The van der Waals surface area contributed by atoms with Gasteiger partial charge in [0.15, 0.2) is 0 Å². The third-order valence-electron chi connectivity index (χ3n) is 3.61. The summed E-state index contributed by atoms with van der Waals surface area (Å²) in [4.78, 5) is 12.2. The number of hydrogen-bond donors (Lipinski definition) is 2. The van der Waals surface area contributed by atoms with Crippen LogP contribution < -0.4 is 4.72 Å². The van der Waals surface area contributed by atoms with Crippen molar-refractivity contribution in [3.8, 4) is 6.07 Å². The van der Waals surface area contributed by atoms with Crippen LogP contribution in [-0.2, 0) is 26.2 Å². The van der Waals surface area contributed by atoms with Gasteiger partial charge in [0.05, 0.1) is 22.6 Å². The summed E-state index contributed by atoms with van der Waals surface area (Å²) >= 11 is 5.74. The lowest BCUT2D eigenvalue weighted by molar-refractivity contribution is -0.149. The number of benzene rings is 2. The molecule has 0 aliphatic heterocycles. The molecular formula is C18H17ClN2O5S. The molecule has 0 aliphatic carbocycles. The minimum Gasteiger partial charge on any atom is -0.460 e. The van der Waals surface area contributed by atoms with Crippen molar-refractivity contribution in [2.24, 2.45) is 0 Å². The summed E-state index contributed by atoms with van der Waals surface area (Å²) < 4.78 is 32.0. The fraction of sp³-hybridized carbons (Fsp3) is 0.222. The largest absolute Gasteiger partial charge is 0.460 e. The van der Waals surface area contributed by atoms with Gasteiger partial charge in [-0.3, -0.25) is 4.79 Å². The molecule has 0 spiro atoms. The fourth-order valence-electron chi connectivity index (χ4n) is 2.11. The average molecular weight is 409 g/mol. The molecule has 2 atom stereocenters. The highest BCUT2D eigenvalue weighted by Crippen LogP contribution is 2.15. The van der Waals surface area contributed by atoms with E-state index in [0.29, 0.717) is 16.1 Å². The third-order valence-corrected chi connectivity index (χ3v) is 5.32. The first-order valence-electron chi connectivity index (χ1n) is 7.84. The van der Waals surface area contributed by atoms with Crippen LogP contribution >= 0.6 is 11.6 Å². The highest BCUT2D eigenvalue weighted by Gasteiger charge is 2.31. The molecule has 9 heteroatoms. The standard InChI is InChI=1S/C18H17ClN2O5S/c1-12(22)17(21-27(24,25)16-8-6-15(19)7-9-16)18(23)26-11-14-4-2-13(10-20)3-5-14/h2-9,12,17,21-22H,11H2,1H3/t12-,17-/m0/s1. The van der Waals surface area contributed by atoms with E-state index in [-0.39, 0.29) is 11.5 Å². The number of hydrogen-bond acceptors (Lipinski definition) is 6. The van der Waals surface area contributed by atoms with Crippen molar-refractivity contribution in [3.05, 3.63) is 64.7 Å². The molecule has 7 nitrogen and oxygen atoms in total. The Balaban J connectivity index is 2.07. The Morgan fingerprint density at radius 3 is 2.33 bits per heavy atom. The SMILES string of the molecule is C[C@H](O)[C@H](NS(=O)(=O)c1ccc(Cl)cc1)C(=O)OCc1ccc(C#N)cc1. The zero-order valence-electron chi connectivity index (χ0n) is 14.3. The lowest BCUT2D eigenvalue weighted by atomic mass is 10.1. The molecule has 27 heavy (non-hydrogen) atoms. The highest BCUT2D eigenvalue weighted by atomic mass is 35.5. The molecule has 2 rings (SSSR count).